The van der Waals surface area contributed by atoms with Crippen LogP contribution in [0.4, 0.5) is 0 Å². The first kappa shape index (κ1) is 17.2. The van der Waals surface area contributed by atoms with Gasteiger partial charge in [-0.2, -0.15) is 0 Å². The number of aryl methyl sites for hydroxylation is 1. The van der Waals surface area contributed by atoms with Crippen LogP contribution in [0.1, 0.15) is 18.9 Å². The highest BCUT2D eigenvalue weighted by Gasteiger charge is 2.16. The monoisotopic (exact) mass is 333 g/mol. The molecule has 3 heteroatoms. The third kappa shape index (κ3) is 4.91. The van der Waals surface area contributed by atoms with E-state index in [-0.39, 0.29) is 6.10 Å². The number of aromatic nitrogens is 1. The Morgan fingerprint density at radius 3 is 2.32 bits per heavy atom. The maximum atomic E-state index is 10.3. The van der Waals surface area contributed by atoms with Crippen LogP contribution in [-0.4, -0.2) is 22.3 Å². The number of nitrogens with zero attached hydrogens (tertiary/aromatic N) is 1. The number of hydrogen-bond donors (Lipinski definition) is 1. The van der Waals surface area contributed by atoms with E-state index in [1.807, 2.05) is 67.7 Å². The molecule has 0 radical (unpaired) electrons. The zero-order chi connectivity index (χ0) is 17.5. The van der Waals surface area contributed by atoms with E-state index < -0.39 is 6.10 Å². The van der Waals surface area contributed by atoms with Crippen molar-refractivity contribution in [1.82, 2.24) is 4.98 Å². The Morgan fingerprint density at radius 2 is 1.64 bits per heavy atom. The van der Waals surface area contributed by atoms with Gasteiger partial charge < -0.3 is 9.84 Å². The van der Waals surface area contributed by atoms with Gasteiger partial charge in [0.05, 0.1) is 6.10 Å². The fourth-order valence-electron chi connectivity index (χ4n) is 2.75. The van der Waals surface area contributed by atoms with Crippen molar-refractivity contribution < 1.29 is 9.84 Å². The SMILES string of the molecule is C[C@@H](Oc1ccc(-c2ccccc2)cc1)[C@H](O)CCc1cccnc1. The molecule has 0 spiro atoms. The minimum atomic E-state index is -0.519. The molecule has 0 aliphatic rings. The van der Waals surface area contributed by atoms with Crippen LogP contribution < -0.4 is 4.74 Å². The standard InChI is InChI=1S/C22H23NO2/c1-17(22(24)14-9-18-6-5-15-23-16-18)25-21-12-10-20(11-13-21)19-7-3-2-4-8-19/h2-8,10-13,15-17,22,24H,9,14H2,1H3/t17-,22-/m1/s1. The van der Waals surface area contributed by atoms with Gasteiger partial charge in [0.1, 0.15) is 11.9 Å². The van der Waals surface area contributed by atoms with E-state index in [2.05, 4.69) is 17.1 Å². The average molecular weight is 333 g/mol. The number of aliphatic hydroxyl groups excluding tert-OH is 1. The summed E-state index contributed by atoms with van der Waals surface area (Å²) in [4.78, 5) is 4.10. The summed E-state index contributed by atoms with van der Waals surface area (Å²) in [6, 6.07) is 22.2. The molecular weight excluding hydrogens is 310 g/mol. The van der Waals surface area contributed by atoms with Crippen molar-refractivity contribution >= 4 is 0 Å². The third-order valence-corrected chi connectivity index (χ3v) is 4.28. The lowest BCUT2D eigenvalue weighted by atomic mass is 10.0. The van der Waals surface area contributed by atoms with Crippen LogP contribution in [0.15, 0.2) is 79.1 Å². The number of benzene rings is 2. The van der Waals surface area contributed by atoms with Crippen LogP contribution in [0.25, 0.3) is 11.1 Å². The predicted octanol–water partition coefficient (Wildman–Crippen LogP) is 4.51. The van der Waals surface area contributed by atoms with Gasteiger partial charge in [0.2, 0.25) is 0 Å². The van der Waals surface area contributed by atoms with Gasteiger partial charge in [0, 0.05) is 12.4 Å². The Kier molecular flexibility index (Phi) is 5.81. The van der Waals surface area contributed by atoms with Gasteiger partial charge in [-0.25, -0.2) is 0 Å². The Balaban J connectivity index is 1.54. The number of aliphatic hydroxyl groups is 1. The first-order valence-electron chi connectivity index (χ1n) is 8.61. The van der Waals surface area contributed by atoms with Crippen LogP contribution in [0.3, 0.4) is 0 Å². The van der Waals surface area contributed by atoms with E-state index >= 15 is 0 Å². The molecule has 3 rings (SSSR count). The van der Waals surface area contributed by atoms with Crippen molar-refractivity contribution in [2.45, 2.75) is 32.0 Å². The fourth-order valence-corrected chi connectivity index (χ4v) is 2.75. The Labute approximate surface area is 148 Å². The largest absolute Gasteiger partial charge is 0.488 e. The molecule has 2 atom stereocenters. The second-order valence-electron chi connectivity index (χ2n) is 6.18. The second kappa shape index (κ2) is 8.45. The van der Waals surface area contributed by atoms with Gasteiger partial charge in [-0.3, -0.25) is 4.98 Å². The first-order chi connectivity index (χ1) is 12.2. The highest BCUT2D eigenvalue weighted by Crippen LogP contribution is 2.23. The second-order valence-corrected chi connectivity index (χ2v) is 6.18. The minimum absolute atomic E-state index is 0.265. The summed E-state index contributed by atoms with van der Waals surface area (Å²) in [5, 5.41) is 10.3. The van der Waals surface area contributed by atoms with E-state index in [0.717, 1.165) is 23.3 Å². The zero-order valence-electron chi connectivity index (χ0n) is 14.4. The maximum Gasteiger partial charge on any atom is 0.122 e. The molecule has 128 valence electrons. The minimum Gasteiger partial charge on any atom is -0.488 e. The van der Waals surface area contributed by atoms with E-state index in [1.54, 1.807) is 6.20 Å². The maximum absolute atomic E-state index is 10.3. The van der Waals surface area contributed by atoms with Crippen molar-refractivity contribution in [3.63, 3.8) is 0 Å². The van der Waals surface area contributed by atoms with Gasteiger partial charge >= 0.3 is 0 Å². The Morgan fingerprint density at radius 1 is 0.920 bits per heavy atom. The van der Waals surface area contributed by atoms with E-state index in [1.165, 1.54) is 5.56 Å². The van der Waals surface area contributed by atoms with Crippen LogP contribution in [0.2, 0.25) is 0 Å². The van der Waals surface area contributed by atoms with Gasteiger partial charge in [-0.15, -0.1) is 0 Å². The molecule has 3 nitrogen and oxygen atoms in total. The number of ether oxygens (including phenoxy) is 1. The molecule has 25 heavy (non-hydrogen) atoms. The number of hydrogen-bond acceptors (Lipinski definition) is 3. The smallest absolute Gasteiger partial charge is 0.122 e. The van der Waals surface area contributed by atoms with Gasteiger partial charge in [0.15, 0.2) is 0 Å². The molecule has 1 N–H and O–H groups in total. The molecule has 0 aliphatic heterocycles. The van der Waals surface area contributed by atoms with Crippen molar-refractivity contribution in [2.75, 3.05) is 0 Å². The molecule has 0 amide bonds. The summed E-state index contributed by atoms with van der Waals surface area (Å²) in [6.45, 7) is 1.90. The summed E-state index contributed by atoms with van der Waals surface area (Å²) >= 11 is 0. The summed E-state index contributed by atoms with van der Waals surface area (Å²) in [7, 11) is 0. The molecule has 0 saturated carbocycles. The van der Waals surface area contributed by atoms with Crippen molar-refractivity contribution in [1.29, 1.82) is 0 Å². The summed E-state index contributed by atoms with van der Waals surface area (Å²) in [6.07, 6.45) is 4.24. The molecule has 0 aliphatic carbocycles. The molecule has 3 aromatic rings. The quantitative estimate of drug-likeness (QED) is 0.692. The fraction of sp³-hybridized carbons (Fsp3) is 0.227. The molecular formula is C22H23NO2. The van der Waals surface area contributed by atoms with E-state index in [9.17, 15) is 5.11 Å². The van der Waals surface area contributed by atoms with Gasteiger partial charge in [-0.05, 0) is 54.7 Å². The number of rotatable bonds is 7. The Hall–Kier alpha value is -2.65. The molecule has 0 bridgehead atoms. The highest BCUT2D eigenvalue weighted by atomic mass is 16.5. The molecule has 0 unspecified atom stereocenters. The van der Waals surface area contributed by atoms with Crippen molar-refractivity contribution in [3.8, 4) is 16.9 Å². The average Bonchev–Trinajstić information content (AvgIpc) is 2.68. The number of pyridine rings is 1. The Bertz CT molecular complexity index is 757. The molecule has 1 aromatic heterocycles. The normalized spacial score (nSPS) is 13.2. The van der Waals surface area contributed by atoms with Gasteiger partial charge in [0.25, 0.3) is 0 Å². The van der Waals surface area contributed by atoms with Crippen molar-refractivity contribution in [2.24, 2.45) is 0 Å². The predicted molar refractivity (Wildman–Crippen MR) is 101 cm³/mol. The molecule has 2 aromatic carbocycles. The van der Waals surface area contributed by atoms with Crippen molar-refractivity contribution in [3.05, 3.63) is 84.7 Å². The third-order valence-electron chi connectivity index (χ3n) is 4.28. The first-order valence-corrected chi connectivity index (χ1v) is 8.61. The van der Waals surface area contributed by atoms with E-state index in [4.69, 9.17) is 4.74 Å². The summed E-state index contributed by atoms with van der Waals surface area (Å²) in [5.74, 6) is 0.771. The van der Waals surface area contributed by atoms with Gasteiger partial charge in [-0.1, -0.05) is 48.5 Å². The lowest BCUT2D eigenvalue weighted by molar-refractivity contribution is 0.0420. The molecule has 0 saturated heterocycles. The van der Waals surface area contributed by atoms with Crippen LogP contribution in [0, 0.1) is 0 Å². The van der Waals surface area contributed by atoms with Crippen LogP contribution in [0.5, 0.6) is 5.75 Å². The topological polar surface area (TPSA) is 42.4 Å². The summed E-state index contributed by atoms with van der Waals surface area (Å²) in [5.41, 5.74) is 3.46. The lowest BCUT2D eigenvalue weighted by Crippen LogP contribution is -2.29. The highest BCUT2D eigenvalue weighted by molar-refractivity contribution is 5.63. The van der Waals surface area contributed by atoms with E-state index in [0.29, 0.717) is 6.42 Å². The summed E-state index contributed by atoms with van der Waals surface area (Å²) < 4.78 is 5.89. The molecule has 1 heterocycles. The zero-order valence-corrected chi connectivity index (χ0v) is 14.4. The van der Waals surface area contributed by atoms with Crippen LogP contribution in [-0.2, 0) is 6.42 Å². The van der Waals surface area contributed by atoms with Crippen LogP contribution >= 0.6 is 0 Å². The lowest BCUT2D eigenvalue weighted by Gasteiger charge is -2.20. The molecule has 0 fully saturated rings.